The first kappa shape index (κ1) is 18.3. The number of ether oxygens (including phenoxy) is 1. The first-order valence-corrected chi connectivity index (χ1v) is 8.69. The Kier molecular flexibility index (Phi) is 5.78. The molecule has 0 spiro atoms. The number of carbonyl (C=O) groups excluding carboxylic acids is 1. The van der Waals surface area contributed by atoms with Crippen LogP contribution in [0, 0.1) is 5.82 Å². The third-order valence-electron chi connectivity index (χ3n) is 4.58. The van der Waals surface area contributed by atoms with Crippen molar-refractivity contribution in [3.8, 4) is 5.75 Å². The van der Waals surface area contributed by atoms with Crippen molar-refractivity contribution in [1.29, 1.82) is 0 Å². The van der Waals surface area contributed by atoms with E-state index in [1.807, 2.05) is 0 Å². The van der Waals surface area contributed by atoms with Crippen molar-refractivity contribution in [2.24, 2.45) is 0 Å². The van der Waals surface area contributed by atoms with E-state index in [-0.39, 0.29) is 17.8 Å². The maximum Gasteiger partial charge on any atom is 0.217 e. The van der Waals surface area contributed by atoms with Gasteiger partial charge >= 0.3 is 0 Å². The van der Waals surface area contributed by atoms with Crippen molar-refractivity contribution in [3.05, 3.63) is 53.4 Å². The highest BCUT2D eigenvalue weighted by atomic mass is 19.1. The van der Waals surface area contributed by atoms with E-state index in [1.54, 1.807) is 31.6 Å². The molecule has 6 nitrogen and oxygen atoms in total. The maximum atomic E-state index is 14.3. The van der Waals surface area contributed by atoms with Crippen LogP contribution in [0.15, 0.2) is 30.6 Å². The minimum atomic E-state index is -0.263. The Labute approximate surface area is 152 Å². The summed E-state index contributed by atoms with van der Waals surface area (Å²) < 4.78 is 19.6. The van der Waals surface area contributed by atoms with Gasteiger partial charge in [-0.25, -0.2) is 4.39 Å². The lowest BCUT2D eigenvalue weighted by atomic mass is 10.1. The number of aromatic nitrogens is 2. The summed E-state index contributed by atoms with van der Waals surface area (Å²) in [5, 5.41) is 2.73. The zero-order chi connectivity index (χ0) is 18.5. The number of methoxy groups -OCH3 is 1. The third-order valence-corrected chi connectivity index (χ3v) is 4.58. The quantitative estimate of drug-likeness (QED) is 0.860. The molecular formula is C19H23FN4O2. The fraction of sp³-hybridized carbons (Fsp3) is 0.421. The molecule has 7 heteroatoms. The van der Waals surface area contributed by atoms with Crippen molar-refractivity contribution in [2.45, 2.75) is 38.9 Å². The zero-order valence-electron chi connectivity index (χ0n) is 15.0. The topological polar surface area (TPSA) is 67.3 Å². The second kappa shape index (κ2) is 8.23. The van der Waals surface area contributed by atoms with Crippen LogP contribution < -0.4 is 10.1 Å². The second-order valence-electron chi connectivity index (χ2n) is 6.39. The molecule has 2 heterocycles. The van der Waals surface area contributed by atoms with Crippen LogP contribution in [0.25, 0.3) is 0 Å². The van der Waals surface area contributed by atoms with Gasteiger partial charge in [0.05, 0.1) is 43.5 Å². The molecule has 0 unspecified atom stereocenters. The molecule has 1 aliphatic heterocycles. The summed E-state index contributed by atoms with van der Waals surface area (Å²) in [6, 6.07) is 4.95. The van der Waals surface area contributed by atoms with E-state index in [0.717, 1.165) is 25.1 Å². The normalized spacial score (nSPS) is 17.3. The van der Waals surface area contributed by atoms with Gasteiger partial charge < -0.3 is 10.1 Å². The lowest BCUT2D eigenvalue weighted by Gasteiger charge is -2.25. The first-order chi connectivity index (χ1) is 12.6. The minimum absolute atomic E-state index is 0.0732. The standard InChI is InChI=1S/C19H23FN4O2/c1-13(25)22-10-14-9-21-11-17(23-14)18-6-4-8-24(18)12-15-16(20)5-3-7-19(15)26-2/h3,5,7,9,11,18H,4,6,8,10,12H2,1-2H3,(H,22,25)/t18-/m1/s1. The van der Waals surface area contributed by atoms with E-state index >= 15 is 0 Å². The molecule has 1 aromatic carbocycles. The predicted molar refractivity (Wildman–Crippen MR) is 94.9 cm³/mol. The summed E-state index contributed by atoms with van der Waals surface area (Å²) in [7, 11) is 1.55. The summed E-state index contributed by atoms with van der Waals surface area (Å²) in [6.07, 6.45) is 5.35. The van der Waals surface area contributed by atoms with Gasteiger partial charge in [0.2, 0.25) is 5.91 Å². The van der Waals surface area contributed by atoms with Crippen molar-refractivity contribution in [3.63, 3.8) is 0 Å². The zero-order valence-corrected chi connectivity index (χ0v) is 15.0. The van der Waals surface area contributed by atoms with Crippen molar-refractivity contribution >= 4 is 5.91 Å². The fourth-order valence-corrected chi connectivity index (χ4v) is 3.32. The van der Waals surface area contributed by atoms with Gasteiger partial charge in [0.15, 0.2) is 0 Å². The fourth-order valence-electron chi connectivity index (χ4n) is 3.32. The van der Waals surface area contributed by atoms with E-state index < -0.39 is 0 Å². The van der Waals surface area contributed by atoms with Gasteiger partial charge in [-0.05, 0) is 31.5 Å². The average Bonchev–Trinajstić information content (AvgIpc) is 3.10. The van der Waals surface area contributed by atoms with E-state index in [4.69, 9.17) is 4.74 Å². The van der Waals surface area contributed by atoms with Gasteiger partial charge in [0, 0.05) is 19.0 Å². The molecule has 2 aromatic rings. The molecule has 3 rings (SSSR count). The van der Waals surface area contributed by atoms with Crippen molar-refractivity contribution in [1.82, 2.24) is 20.2 Å². The van der Waals surface area contributed by atoms with E-state index in [2.05, 4.69) is 20.2 Å². The Morgan fingerprint density at radius 2 is 2.27 bits per heavy atom. The second-order valence-corrected chi connectivity index (χ2v) is 6.39. The lowest BCUT2D eigenvalue weighted by molar-refractivity contribution is -0.119. The monoisotopic (exact) mass is 358 g/mol. The van der Waals surface area contributed by atoms with Gasteiger partial charge in [-0.1, -0.05) is 6.07 Å². The minimum Gasteiger partial charge on any atom is -0.496 e. The molecule has 1 aromatic heterocycles. The maximum absolute atomic E-state index is 14.3. The highest BCUT2D eigenvalue weighted by Gasteiger charge is 2.29. The van der Waals surface area contributed by atoms with Crippen LogP contribution in [-0.2, 0) is 17.9 Å². The summed E-state index contributed by atoms with van der Waals surface area (Å²) in [5.74, 6) is 0.188. The average molecular weight is 358 g/mol. The highest BCUT2D eigenvalue weighted by molar-refractivity contribution is 5.72. The van der Waals surface area contributed by atoms with Gasteiger partial charge in [-0.2, -0.15) is 0 Å². The number of rotatable bonds is 6. The summed E-state index contributed by atoms with van der Waals surface area (Å²) in [6.45, 7) is 3.14. The molecule has 1 N–H and O–H groups in total. The molecule has 0 aliphatic carbocycles. The smallest absolute Gasteiger partial charge is 0.217 e. The van der Waals surface area contributed by atoms with Gasteiger partial charge in [0.25, 0.3) is 0 Å². The number of amides is 1. The van der Waals surface area contributed by atoms with Crippen molar-refractivity contribution < 1.29 is 13.9 Å². The molecule has 1 aliphatic rings. The number of likely N-dealkylation sites (tertiary alicyclic amines) is 1. The third kappa shape index (κ3) is 4.16. The van der Waals surface area contributed by atoms with Gasteiger partial charge in [-0.15, -0.1) is 0 Å². The molecule has 0 bridgehead atoms. The summed E-state index contributed by atoms with van der Waals surface area (Å²) in [5.41, 5.74) is 2.12. The molecule has 1 saturated heterocycles. The number of hydrogen-bond acceptors (Lipinski definition) is 5. The molecule has 0 saturated carbocycles. The number of nitrogens with zero attached hydrogens (tertiary/aromatic N) is 3. The number of halogens is 1. The summed E-state index contributed by atoms with van der Waals surface area (Å²) in [4.78, 5) is 22.2. The molecule has 1 atom stereocenters. The van der Waals surface area contributed by atoms with Crippen LogP contribution in [0.1, 0.15) is 42.8 Å². The Bertz CT molecular complexity index is 784. The number of benzene rings is 1. The molecular weight excluding hydrogens is 335 g/mol. The Morgan fingerprint density at radius 3 is 3.04 bits per heavy atom. The Hall–Kier alpha value is -2.54. The SMILES string of the molecule is COc1cccc(F)c1CN1CCC[C@@H]1c1cncc(CNC(C)=O)n1. The Morgan fingerprint density at radius 1 is 1.42 bits per heavy atom. The van der Waals surface area contributed by atoms with Gasteiger partial charge in [-0.3, -0.25) is 19.7 Å². The lowest BCUT2D eigenvalue weighted by Crippen LogP contribution is -2.25. The van der Waals surface area contributed by atoms with E-state index in [9.17, 15) is 9.18 Å². The molecule has 138 valence electrons. The van der Waals surface area contributed by atoms with Crippen LogP contribution in [0.5, 0.6) is 5.75 Å². The van der Waals surface area contributed by atoms with Crippen LogP contribution in [-0.4, -0.2) is 34.4 Å². The van der Waals surface area contributed by atoms with Crippen LogP contribution >= 0.6 is 0 Å². The molecule has 1 amide bonds. The highest BCUT2D eigenvalue weighted by Crippen LogP contribution is 2.34. The Balaban J connectivity index is 1.79. The molecule has 0 radical (unpaired) electrons. The first-order valence-electron chi connectivity index (χ1n) is 8.69. The van der Waals surface area contributed by atoms with E-state index in [0.29, 0.717) is 30.1 Å². The van der Waals surface area contributed by atoms with Gasteiger partial charge in [0.1, 0.15) is 11.6 Å². The van der Waals surface area contributed by atoms with Crippen molar-refractivity contribution in [2.75, 3.05) is 13.7 Å². The number of hydrogen-bond donors (Lipinski definition) is 1. The summed E-state index contributed by atoms with van der Waals surface area (Å²) >= 11 is 0. The number of carbonyl (C=O) groups is 1. The predicted octanol–water partition coefficient (Wildman–Crippen LogP) is 2.60. The molecule has 1 fully saturated rings. The largest absolute Gasteiger partial charge is 0.496 e. The van der Waals surface area contributed by atoms with E-state index in [1.165, 1.54) is 13.0 Å². The number of nitrogens with one attached hydrogen (secondary N) is 1. The van der Waals surface area contributed by atoms with Crippen LogP contribution in [0.2, 0.25) is 0 Å². The van der Waals surface area contributed by atoms with Crippen LogP contribution in [0.4, 0.5) is 4.39 Å². The van der Waals surface area contributed by atoms with Crippen LogP contribution in [0.3, 0.4) is 0 Å². The molecule has 26 heavy (non-hydrogen) atoms.